The molecule has 3 aromatic rings. The zero-order valence-corrected chi connectivity index (χ0v) is 31.3. The van der Waals surface area contributed by atoms with E-state index in [1.165, 1.54) is 0 Å². The van der Waals surface area contributed by atoms with Gasteiger partial charge in [-0.3, -0.25) is 34.2 Å². The Morgan fingerprint density at radius 1 is 0.909 bits per heavy atom. The number of rotatable bonds is 6. The predicted octanol–water partition coefficient (Wildman–Crippen LogP) is 4.78. The van der Waals surface area contributed by atoms with Crippen LogP contribution in [-0.2, 0) is 9.59 Å². The van der Waals surface area contributed by atoms with E-state index in [4.69, 9.17) is 23.2 Å². The van der Waals surface area contributed by atoms with Crippen molar-refractivity contribution < 1.29 is 24.0 Å². The molecule has 282 valence electrons. The first-order chi connectivity index (χ1) is 26.5. The van der Waals surface area contributed by atoms with E-state index in [1.54, 1.807) is 18.3 Å². The van der Waals surface area contributed by atoms with Crippen molar-refractivity contribution in [3.8, 4) is 0 Å². The Bertz CT molecular complexity index is 2170. The first-order valence-electron chi connectivity index (χ1n) is 19.1. The minimum absolute atomic E-state index is 0.00369. The number of nitrogens with one attached hydrogen (secondary N) is 1. The van der Waals surface area contributed by atoms with Gasteiger partial charge >= 0.3 is 0 Å². The van der Waals surface area contributed by atoms with Crippen molar-refractivity contribution in [2.45, 2.75) is 51.1 Å². The molecule has 0 aliphatic carbocycles. The number of benzene rings is 2. The van der Waals surface area contributed by atoms with Crippen LogP contribution in [0.2, 0.25) is 5.02 Å². The summed E-state index contributed by atoms with van der Waals surface area (Å²) in [6.45, 7) is 15.3. The highest BCUT2D eigenvalue weighted by Gasteiger charge is 2.47. The van der Waals surface area contributed by atoms with Crippen LogP contribution in [0.3, 0.4) is 0 Å². The van der Waals surface area contributed by atoms with Crippen molar-refractivity contribution in [1.29, 1.82) is 0 Å². The van der Waals surface area contributed by atoms with Crippen molar-refractivity contribution >= 4 is 64.0 Å². The van der Waals surface area contributed by atoms with Gasteiger partial charge < -0.3 is 19.6 Å². The topological polar surface area (TPSA) is 131 Å². The lowest BCUT2D eigenvalue weighted by Gasteiger charge is -2.51. The van der Waals surface area contributed by atoms with Gasteiger partial charge in [0.15, 0.2) is 0 Å². The summed E-state index contributed by atoms with van der Waals surface area (Å²) in [5.74, 6) is -0.344. The summed E-state index contributed by atoms with van der Waals surface area (Å²) in [4.78, 5) is 81.7. The highest BCUT2D eigenvalue weighted by molar-refractivity contribution is 6.33. The molecule has 13 nitrogen and oxygen atoms in total. The minimum Gasteiger partial charge on any atom is -0.371 e. The van der Waals surface area contributed by atoms with E-state index >= 15 is 0 Å². The van der Waals surface area contributed by atoms with Crippen molar-refractivity contribution in [3.63, 3.8) is 0 Å². The SMILES string of the molecule is [C-]#[N+]c1ccc(N2CC3(CCN(c4ccc(C(=O)N5CC(C6CN(c7ccc8c(c7)C(=O)N(C7CCC(=O)NC7=O)C8=O)C6)C5)cn4)CC3)C[C@@H]2C)cc1Cl. The summed E-state index contributed by atoms with van der Waals surface area (Å²) in [6.07, 6.45) is 5.15. The van der Waals surface area contributed by atoms with Crippen LogP contribution >= 0.6 is 11.6 Å². The third-order valence-corrected chi connectivity index (χ3v) is 13.2. The molecule has 5 saturated heterocycles. The molecule has 0 bridgehead atoms. The van der Waals surface area contributed by atoms with Crippen molar-refractivity contribution in [1.82, 2.24) is 20.1 Å². The number of hydrogen-bond acceptors (Lipinski definition) is 9. The molecule has 2 aromatic carbocycles. The lowest BCUT2D eigenvalue weighted by Crippen LogP contribution is -2.60. The number of imide groups is 2. The van der Waals surface area contributed by atoms with Crippen molar-refractivity contribution in [2.75, 3.05) is 60.5 Å². The average molecular weight is 761 g/mol. The van der Waals surface area contributed by atoms with Crippen LogP contribution in [-0.4, -0.2) is 102 Å². The first-order valence-corrected chi connectivity index (χ1v) is 19.4. The van der Waals surface area contributed by atoms with Gasteiger partial charge in [-0.15, -0.1) is 0 Å². The summed E-state index contributed by atoms with van der Waals surface area (Å²) < 4.78 is 0. The summed E-state index contributed by atoms with van der Waals surface area (Å²) in [7, 11) is 0. The third kappa shape index (κ3) is 6.07. The Balaban J connectivity index is 0.745. The Hall–Kier alpha value is -5.48. The Labute approximate surface area is 324 Å². The number of piperidine rings is 2. The maximum absolute atomic E-state index is 13.4. The molecular formula is C41H41ClN8O5. The van der Waals surface area contributed by atoms with Gasteiger partial charge in [-0.25, -0.2) is 9.83 Å². The first kappa shape index (κ1) is 35.2. The monoisotopic (exact) mass is 760 g/mol. The molecule has 1 aromatic heterocycles. The zero-order valence-electron chi connectivity index (χ0n) is 30.5. The fourth-order valence-electron chi connectivity index (χ4n) is 9.54. The smallest absolute Gasteiger partial charge is 0.262 e. The van der Waals surface area contributed by atoms with E-state index in [2.05, 4.69) is 31.8 Å². The lowest BCUT2D eigenvalue weighted by molar-refractivity contribution is -0.136. The number of anilines is 3. The van der Waals surface area contributed by atoms with Gasteiger partial charge in [-0.2, -0.15) is 0 Å². The molecule has 55 heavy (non-hydrogen) atoms. The van der Waals surface area contributed by atoms with E-state index in [0.29, 0.717) is 47.2 Å². The van der Waals surface area contributed by atoms with Gasteiger partial charge in [-0.05, 0) is 80.5 Å². The predicted molar refractivity (Wildman–Crippen MR) is 205 cm³/mol. The van der Waals surface area contributed by atoms with Crippen LogP contribution in [0.5, 0.6) is 0 Å². The lowest BCUT2D eigenvalue weighted by atomic mass is 9.77. The zero-order chi connectivity index (χ0) is 38.2. The molecule has 5 amide bonds. The molecule has 2 atom stereocenters. The largest absolute Gasteiger partial charge is 0.371 e. The van der Waals surface area contributed by atoms with Gasteiger partial charge in [-0.1, -0.05) is 17.7 Å². The molecule has 5 fully saturated rings. The van der Waals surface area contributed by atoms with E-state index in [1.807, 2.05) is 41.3 Å². The fourth-order valence-corrected chi connectivity index (χ4v) is 9.76. The van der Waals surface area contributed by atoms with Crippen molar-refractivity contribution in [2.24, 2.45) is 17.3 Å². The molecule has 6 aliphatic rings. The van der Waals surface area contributed by atoms with Crippen LogP contribution in [0.4, 0.5) is 22.9 Å². The van der Waals surface area contributed by atoms with Crippen LogP contribution < -0.4 is 20.0 Å². The Morgan fingerprint density at radius 2 is 1.64 bits per heavy atom. The number of pyridine rings is 1. The van der Waals surface area contributed by atoms with Gasteiger partial charge in [0, 0.05) is 92.7 Å². The maximum Gasteiger partial charge on any atom is 0.262 e. The van der Waals surface area contributed by atoms with Gasteiger partial charge in [0.2, 0.25) is 17.5 Å². The Morgan fingerprint density at radius 3 is 2.33 bits per heavy atom. The van der Waals surface area contributed by atoms with Crippen LogP contribution in [0, 0.1) is 23.8 Å². The molecule has 0 saturated carbocycles. The number of aromatic nitrogens is 1. The second kappa shape index (κ2) is 13.4. The van der Waals surface area contributed by atoms with E-state index in [9.17, 15) is 24.0 Å². The second-order valence-electron chi connectivity index (χ2n) is 16.1. The number of fused-ring (bicyclic) bond motifs is 1. The molecule has 1 spiro atoms. The Kier molecular flexibility index (Phi) is 8.57. The third-order valence-electron chi connectivity index (χ3n) is 12.9. The van der Waals surface area contributed by atoms with Crippen LogP contribution in [0.1, 0.15) is 70.1 Å². The summed E-state index contributed by atoms with van der Waals surface area (Å²) in [5, 5.41) is 2.73. The van der Waals surface area contributed by atoms with E-state index in [0.717, 1.165) is 74.1 Å². The molecule has 6 aliphatic heterocycles. The summed E-state index contributed by atoms with van der Waals surface area (Å²) in [6, 6.07) is 14.2. The summed E-state index contributed by atoms with van der Waals surface area (Å²) in [5.41, 5.74) is 3.78. The summed E-state index contributed by atoms with van der Waals surface area (Å²) >= 11 is 6.37. The number of likely N-dealkylation sites (tertiary alicyclic amines) is 1. The average Bonchev–Trinajstić information content (AvgIpc) is 3.59. The van der Waals surface area contributed by atoms with Crippen LogP contribution in [0.15, 0.2) is 54.7 Å². The minimum atomic E-state index is -0.985. The van der Waals surface area contributed by atoms with Crippen molar-refractivity contribution in [3.05, 3.63) is 87.9 Å². The molecule has 7 heterocycles. The highest BCUT2D eigenvalue weighted by atomic mass is 35.5. The second-order valence-corrected chi connectivity index (χ2v) is 16.5. The highest BCUT2D eigenvalue weighted by Crippen LogP contribution is 2.46. The number of carbonyl (C=O) groups is 5. The number of hydrogen-bond donors (Lipinski definition) is 1. The number of carbonyl (C=O) groups excluding carboxylic acids is 5. The number of halogens is 1. The number of amides is 5. The van der Waals surface area contributed by atoms with Gasteiger partial charge in [0.1, 0.15) is 11.9 Å². The molecule has 1 unspecified atom stereocenters. The van der Waals surface area contributed by atoms with Gasteiger partial charge in [0.05, 0.1) is 23.3 Å². The quantitative estimate of drug-likeness (QED) is 0.279. The maximum atomic E-state index is 13.4. The van der Waals surface area contributed by atoms with Gasteiger partial charge in [0.25, 0.3) is 17.7 Å². The van der Waals surface area contributed by atoms with Crippen LogP contribution in [0.25, 0.3) is 4.85 Å². The van der Waals surface area contributed by atoms with E-state index in [-0.39, 0.29) is 35.3 Å². The molecule has 9 rings (SSSR count). The standard InChI is InChI=1S/C41H41ClN8O5/c1-24-17-41(23-49(24)29-5-7-33(43-2)32(42)16-29)11-13-46(14-12-41)35-9-3-25(18-44-35)38(53)48-21-27(22-48)26-19-47(20-26)28-4-6-30-31(15-28)40(55)50(39(30)54)34-8-10-36(51)45-37(34)52/h3-7,9,15-16,18,24,26-27,34H,8,10-14,17,19-23H2,1H3,(H,45,51,52)/t24-,34?/m0/s1. The number of nitrogens with zero attached hydrogens (tertiary/aromatic N) is 7. The molecule has 14 heteroatoms. The molecule has 1 N–H and O–H groups in total. The molecular weight excluding hydrogens is 720 g/mol. The normalized spacial score (nSPS) is 23.8. The molecule has 0 radical (unpaired) electrons. The fraction of sp³-hybridized carbons (Fsp3) is 0.439. The van der Waals surface area contributed by atoms with E-state index < -0.39 is 29.7 Å².